The summed E-state index contributed by atoms with van der Waals surface area (Å²) >= 11 is 0. The van der Waals surface area contributed by atoms with Crippen molar-refractivity contribution in [1.29, 1.82) is 0 Å². The third kappa shape index (κ3) is 14.4. The van der Waals surface area contributed by atoms with E-state index in [0.717, 1.165) is 36.8 Å². The van der Waals surface area contributed by atoms with Gasteiger partial charge >= 0.3 is 0 Å². The Kier molecular flexibility index (Phi) is 19.7. The third-order valence-corrected chi connectivity index (χ3v) is 5.10. The maximum absolute atomic E-state index is 13.2. The van der Waals surface area contributed by atoms with Crippen molar-refractivity contribution in [3.05, 3.63) is 47.4 Å². The second kappa shape index (κ2) is 19.3. The standard InChI is InChI=1S/C13H17F.C11H21NO.C2H6.CH4/c1-10-7-12(9-13(14)8-10)11-5-3-2-4-6-11;1-4-7-11(12-10(2)3)8-5-6-9-13;1-2;/h7-9,11H,2-6H2,1H3;9,11-12H,2,4-8H2,1,3H3;1-2H3;1H4. The van der Waals surface area contributed by atoms with E-state index in [1.165, 1.54) is 44.1 Å². The van der Waals surface area contributed by atoms with Crippen molar-refractivity contribution >= 4 is 6.29 Å². The van der Waals surface area contributed by atoms with E-state index >= 15 is 0 Å². The minimum absolute atomic E-state index is 0. The summed E-state index contributed by atoms with van der Waals surface area (Å²) in [6.45, 7) is 13.9. The number of carbonyl (C=O) groups is 1. The van der Waals surface area contributed by atoms with Gasteiger partial charge in [-0.1, -0.05) is 66.5 Å². The van der Waals surface area contributed by atoms with Gasteiger partial charge < -0.3 is 10.1 Å². The third-order valence-electron chi connectivity index (χ3n) is 5.10. The molecule has 2 rings (SSSR count). The van der Waals surface area contributed by atoms with Crippen LogP contribution in [0.15, 0.2) is 30.5 Å². The van der Waals surface area contributed by atoms with Gasteiger partial charge in [0.15, 0.2) is 0 Å². The molecule has 1 aromatic rings. The number of hydrogen-bond acceptors (Lipinski definition) is 2. The molecule has 0 radical (unpaired) electrons. The van der Waals surface area contributed by atoms with Crippen molar-refractivity contribution in [3.8, 4) is 0 Å². The van der Waals surface area contributed by atoms with Crippen molar-refractivity contribution in [1.82, 2.24) is 5.32 Å². The summed E-state index contributed by atoms with van der Waals surface area (Å²) < 4.78 is 13.2. The molecule has 0 bridgehead atoms. The van der Waals surface area contributed by atoms with Gasteiger partial charge in [-0.3, -0.25) is 0 Å². The van der Waals surface area contributed by atoms with Crippen molar-refractivity contribution in [2.45, 2.75) is 118 Å². The highest BCUT2D eigenvalue weighted by Gasteiger charge is 2.16. The molecule has 0 aromatic heterocycles. The van der Waals surface area contributed by atoms with E-state index in [9.17, 15) is 9.18 Å². The highest BCUT2D eigenvalue weighted by atomic mass is 19.1. The number of carbonyl (C=O) groups excluding carboxylic acids is 1. The van der Waals surface area contributed by atoms with Crippen molar-refractivity contribution < 1.29 is 9.18 Å². The summed E-state index contributed by atoms with van der Waals surface area (Å²) in [5.41, 5.74) is 3.28. The Labute approximate surface area is 186 Å². The summed E-state index contributed by atoms with van der Waals surface area (Å²) in [4.78, 5) is 10.1. The molecule has 0 saturated heterocycles. The first kappa shape index (κ1) is 30.6. The molecule has 0 amide bonds. The lowest BCUT2D eigenvalue weighted by Gasteiger charge is -2.22. The molecule has 1 aromatic carbocycles. The first-order chi connectivity index (χ1) is 14.0. The van der Waals surface area contributed by atoms with E-state index in [2.05, 4.69) is 24.9 Å². The summed E-state index contributed by atoms with van der Waals surface area (Å²) in [6, 6.07) is 5.96. The number of aldehydes is 1. The van der Waals surface area contributed by atoms with Gasteiger partial charge in [0.1, 0.15) is 12.1 Å². The maximum Gasteiger partial charge on any atom is 0.123 e. The fourth-order valence-corrected chi connectivity index (χ4v) is 3.87. The molecule has 1 unspecified atom stereocenters. The SMILES string of the molecule is C.C=C(C)NC(CCC)CCCC=O.CC.Cc1cc(F)cc(C2CCCCC2)c1. The second-order valence-electron chi connectivity index (χ2n) is 7.90. The molecule has 0 aliphatic heterocycles. The minimum Gasteiger partial charge on any atom is -0.386 e. The molecule has 2 nitrogen and oxygen atoms in total. The predicted molar refractivity (Wildman–Crippen MR) is 132 cm³/mol. The molecule has 0 spiro atoms. The van der Waals surface area contributed by atoms with Crippen LogP contribution in [0.3, 0.4) is 0 Å². The molecule has 3 heteroatoms. The molecular weight excluding hydrogens is 373 g/mol. The summed E-state index contributed by atoms with van der Waals surface area (Å²) in [6.07, 6.45) is 12.5. The van der Waals surface area contributed by atoms with Gasteiger partial charge in [-0.25, -0.2) is 4.39 Å². The van der Waals surface area contributed by atoms with E-state index in [-0.39, 0.29) is 13.2 Å². The number of nitrogens with one attached hydrogen (secondary N) is 1. The monoisotopic (exact) mass is 421 g/mol. The van der Waals surface area contributed by atoms with Crippen LogP contribution in [0.4, 0.5) is 4.39 Å². The highest BCUT2D eigenvalue weighted by molar-refractivity contribution is 5.48. The quantitative estimate of drug-likeness (QED) is 0.320. The van der Waals surface area contributed by atoms with Gasteiger partial charge in [-0.2, -0.15) is 0 Å². The van der Waals surface area contributed by atoms with E-state index < -0.39 is 0 Å². The lowest BCUT2D eigenvalue weighted by molar-refractivity contribution is -0.107. The number of halogens is 1. The fraction of sp³-hybridized carbons (Fsp3) is 0.667. The van der Waals surface area contributed by atoms with E-state index in [1.54, 1.807) is 12.1 Å². The summed E-state index contributed by atoms with van der Waals surface area (Å²) in [5, 5.41) is 3.33. The van der Waals surface area contributed by atoms with Crippen LogP contribution in [0, 0.1) is 12.7 Å². The molecule has 1 atom stereocenters. The fourth-order valence-electron chi connectivity index (χ4n) is 3.87. The molecule has 30 heavy (non-hydrogen) atoms. The molecule has 1 aliphatic rings. The minimum atomic E-state index is -0.0782. The Bertz CT molecular complexity index is 544. The van der Waals surface area contributed by atoms with Gasteiger partial charge in [0, 0.05) is 18.2 Å². The van der Waals surface area contributed by atoms with Crippen molar-refractivity contribution in [2.24, 2.45) is 0 Å². The molecule has 1 saturated carbocycles. The number of hydrogen-bond donors (Lipinski definition) is 1. The number of unbranched alkanes of at least 4 members (excludes halogenated alkanes) is 1. The first-order valence-corrected chi connectivity index (χ1v) is 11.6. The van der Waals surface area contributed by atoms with Crippen LogP contribution in [0.1, 0.15) is 116 Å². The maximum atomic E-state index is 13.2. The Morgan fingerprint density at radius 2 is 1.83 bits per heavy atom. The molecule has 174 valence electrons. The van der Waals surface area contributed by atoms with E-state index in [0.29, 0.717) is 18.4 Å². The highest BCUT2D eigenvalue weighted by Crippen LogP contribution is 2.33. The number of rotatable bonds is 9. The van der Waals surface area contributed by atoms with Crippen LogP contribution in [0.5, 0.6) is 0 Å². The average Bonchev–Trinajstić information content (AvgIpc) is 2.70. The van der Waals surface area contributed by atoms with E-state index in [1.807, 2.05) is 27.7 Å². The van der Waals surface area contributed by atoms with Crippen molar-refractivity contribution in [2.75, 3.05) is 0 Å². The van der Waals surface area contributed by atoms with Gasteiger partial charge in [0.05, 0.1) is 0 Å². The first-order valence-electron chi connectivity index (χ1n) is 11.6. The molecule has 0 heterocycles. The number of aryl methyl sites for hydroxylation is 1. The molecule has 1 fully saturated rings. The predicted octanol–water partition coefficient (Wildman–Crippen LogP) is 8.49. The Morgan fingerprint density at radius 3 is 2.33 bits per heavy atom. The van der Waals surface area contributed by atoms with Crippen LogP contribution in [0.25, 0.3) is 0 Å². The smallest absolute Gasteiger partial charge is 0.123 e. The average molecular weight is 422 g/mol. The topological polar surface area (TPSA) is 29.1 Å². The zero-order valence-corrected chi connectivity index (χ0v) is 19.5. The molecule has 1 N–H and O–H groups in total. The zero-order valence-electron chi connectivity index (χ0n) is 19.5. The van der Waals surface area contributed by atoms with Gasteiger partial charge in [-0.05, 0) is 75.1 Å². The summed E-state index contributed by atoms with van der Waals surface area (Å²) in [7, 11) is 0. The van der Waals surface area contributed by atoms with Crippen molar-refractivity contribution in [3.63, 3.8) is 0 Å². The van der Waals surface area contributed by atoms with Crippen LogP contribution in [0.2, 0.25) is 0 Å². The lowest BCUT2D eigenvalue weighted by Crippen LogP contribution is -2.26. The van der Waals surface area contributed by atoms with Gasteiger partial charge in [0.25, 0.3) is 0 Å². The summed E-state index contributed by atoms with van der Waals surface area (Å²) in [5.74, 6) is 0.531. The Hall–Kier alpha value is -1.64. The number of benzene rings is 1. The Morgan fingerprint density at radius 1 is 1.20 bits per heavy atom. The normalized spacial score (nSPS) is 14.1. The molecular formula is C27H48FNO. The lowest BCUT2D eigenvalue weighted by atomic mass is 9.84. The van der Waals surface area contributed by atoms with Crippen LogP contribution < -0.4 is 5.32 Å². The van der Waals surface area contributed by atoms with Crippen LogP contribution >= 0.6 is 0 Å². The largest absolute Gasteiger partial charge is 0.386 e. The van der Waals surface area contributed by atoms with Gasteiger partial charge in [-0.15, -0.1) is 0 Å². The van der Waals surface area contributed by atoms with Gasteiger partial charge in [0.2, 0.25) is 0 Å². The van der Waals surface area contributed by atoms with E-state index in [4.69, 9.17) is 0 Å². The van der Waals surface area contributed by atoms with Crippen LogP contribution in [-0.4, -0.2) is 12.3 Å². The van der Waals surface area contributed by atoms with Crippen LogP contribution in [-0.2, 0) is 4.79 Å². The Balaban J connectivity index is 0. The number of allylic oxidation sites excluding steroid dienone is 1. The second-order valence-corrected chi connectivity index (χ2v) is 7.90. The zero-order chi connectivity index (χ0) is 22.1. The molecule has 1 aliphatic carbocycles.